The van der Waals surface area contributed by atoms with Crippen LogP contribution in [-0.4, -0.2) is 56.5 Å². The van der Waals surface area contributed by atoms with E-state index >= 15 is 0 Å². The van der Waals surface area contributed by atoms with E-state index in [1.54, 1.807) is 39.0 Å². The number of ether oxygens (including phenoxy) is 5. The molecule has 1 aromatic carbocycles. The van der Waals surface area contributed by atoms with E-state index in [-0.39, 0.29) is 48.8 Å². The second-order valence-corrected chi connectivity index (χ2v) is 10.7. The smallest absolute Gasteiger partial charge is 0.468 e. The lowest BCUT2D eigenvalue weighted by Gasteiger charge is -2.21. The Morgan fingerprint density at radius 1 is 0.829 bits per heavy atom. The highest BCUT2D eigenvalue weighted by molar-refractivity contribution is 5.79. The third-order valence-corrected chi connectivity index (χ3v) is 6.73. The van der Waals surface area contributed by atoms with E-state index in [0.29, 0.717) is 18.4 Å². The van der Waals surface area contributed by atoms with Gasteiger partial charge < -0.3 is 29.0 Å². The predicted octanol–water partition coefficient (Wildman–Crippen LogP) is 5.63. The number of benzene rings is 1. The summed E-state index contributed by atoms with van der Waals surface area (Å²) >= 11 is 0. The lowest BCUT2D eigenvalue weighted by molar-refractivity contribution is -0.143. The van der Waals surface area contributed by atoms with E-state index in [0.717, 1.165) is 19.3 Å². The van der Waals surface area contributed by atoms with Crippen LogP contribution in [0.5, 0.6) is 11.5 Å². The minimum Gasteiger partial charge on any atom is -0.468 e. The summed E-state index contributed by atoms with van der Waals surface area (Å²) in [5.74, 6) is -1.54. The van der Waals surface area contributed by atoms with Crippen molar-refractivity contribution in [2.24, 2.45) is 17.8 Å². The SMILES string of the molecule is CCCC(C)C(=O)Oc1ccc(C[C@H](NCC(C)OC(=O)OCC(C)CC)C(=O)OC)cc1OC(=O)C(C)CCC. The van der Waals surface area contributed by atoms with Crippen molar-refractivity contribution in [3.05, 3.63) is 23.8 Å². The number of carbonyl (C=O) groups excluding carboxylic acids is 4. The summed E-state index contributed by atoms with van der Waals surface area (Å²) in [6, 6.07) is 4.06. The Balaban J connectivity index is 3.05. The molecule has 0 fully saturated rings. The Morgan fingerprint density at radius 2 is 1.41 bits per heavy atom. The van der Waals surface area contributed by atoms with Crippen LogP contribution in [0.3, 0.4) is 0 Å². The molecular formula is C31H49NO9. The molecular weight excluding hydrogens is 530 g/mol. The van der Waals surface area contributed by atoms with Crippen molar-refractivity contribution in [3.8, 4) is 11.5 Å². The van der Waals surface area contributed by atoms with E-state index < -0.39 is 36.2 Å². The normalized spacial score (nSPS) is 14.6. The monoisotopic (exact) mass is 579 g/mol. The number of methoxy groups -OCH3 is 1. The maximum Gasteiger partial charge on any atom is 0.508 e. The molecule has 0 aromatic heterocycles. The maximum atomic E-state index is 12.7. The number of rotatable bonds is 18. The number of carbonyl (C=O) groups is 4. The Hall–Kier alpha value is -3.14. The topological polar surface area (TPSA) is 126 Å². The van der Waals surface area contributed by atoms with Crippen molar-refractivity contribution in [2.75, 3.05) is 20.3 Å². The lowest BCUT2D eigenvalue weighted by Crippen LogP contribution is -2.43. The van der Waals surface area contributed by atoms with E-state index in [1.807, 2.05) is 27.7 Å². The third kappa shape index (κ3) is 13.4. The molecule has 0 aliphatic heterocycles. The minimum atomic E-state index is -0.789. The third-order valence-electron chi connectivity index (χ3n) is 6.73. The van der Waals surface area contributed by atoms with Gasteiger partial charge in [-0.3, -0.25) is 14.4 Å². The standard InChI is InChI=1S/C31H49NO9/c1-9-12-21(5)28(33)40-26-15-14-24(17-27(26)41-29(34)22(6)13-10-2)16-25(30(35)37-8)32-18-23(7)39-31(36)38-19-20(4)11-3/h14-15,17,20-23,25,32H,9-13,16,18-19H2,1-8H3/t20?,21?,22?,23?,25-/m0/s1. The molecule has 1 aromatic rings. The van der Waals surface area contributed by atoms with Gasteiger partial charge in [-0.15, -0.1) is 0 Å². The molecule has 10 nitrogen and oxygen atoms in total. The summed E-state index contributed by atoms with van der Waals surface area (Å²) in [5, 5.41) is 3.07. The lowest BCUT2D eigenvalue weighted by atomic mass is 10.0. The largest absolute Gasteiger partial charge is 0.508 e. The highest BCUT2D eigenvalue weighted by Gasteiger charge is 2.25. The fourth-order valence-corrected chi connectivity index (χ4v) is 3.86. The van der Waals surface area contributed by atoms with Gasteiger partial charge in [0.1, 0.15) is 12.1 Å². The van der Waals surface area contributed by atoms with Crippen LogP contribution in [0.15, 0.2) is 18.2 Å². The fourth-order valence-electron chi connectivity index (χ4n) is 3.86. The van der Waals surface area contributed by atoms with Crippen molar-refractivity contribution in [2.45, 2.75) is 99.1 Å². The van der Waals surface area contributed by atoms with Crippen LogP contribution in [0, 0.1) is 17.8 Å². The van der Waals surface area contributed by atoms with Gasteiger partial charge in [-0.2, -0.15) is 0 Å². The first-order valence-corrected chi connectivity index (χ1v) is 14.7. The molecule has 5 atom stereocenters. The summed E-state index contributed by atoms with van der Waals surface area (Å²) in [5.41, 5.74) is 0.641. The van der Waals surface area contributed by atoms with Crippen LogP contribution in [-0.2, 0) is 35.0 Å². The second-order valence-electron chi connectivity index (χ2n) is 10.7. The zero-order chi connectivity index (χ0) is 30.9. The summed E-state index contributed by atoms with van der Waals surface area (Å²) in [7, 11) is 1.28. The Morgan fingerprint density at radius 3 is 1.95 bits per heavy atom. The number of hydrogen-bond donors (Lipinski definition) is 1. The van der Waals surface area contributed by atoms with Crippen LogP contribution < -0.4 is 14.8 Å². The number of nitrogens with one attached hydrogen (secondary N) is 1. The van der Waals surface area contributed by atoms with E-state index in [1.165, 1.54) is 7.11 Å². The van der Waals surface area contributed by atoms with Crippen molar-refractivity contribution in [1.29, 1.82) is 0 Å². The van der Waals surface area contributed by atoms with Crippen LogP contribution in [0.1, 0.15) is 86.1 Å². The zero-order valence-corrected chi connectivity index (χ0v) is 25.9. The van der Waals surface area contributed by atoms with E-state index in [4.69, 9.17) is 23.7 Å². The second kappa shape index (κ2) is 19.1. The summed E-state index contributed by atoms with van der Waals surface area (Å²) < 4.78 is 26.6. The molecule has 1 rings (SSSR count). The molecule has 41 heavy (non-hydrogen) atoms. The first kappa shape index (κ1) is 35.9. The van der Waals surface area contributed by atoms with E-state index in [9.17, 15) is 19.2 Å². The van der Waals surface area contributed by atoms with Gasteiger partial charge in [-0.05, 0) is 49.8 Å². The van der Waals surface area contributed by atoms with Gasteiger partial charge in [0.05, 0.1) is 25.6 Å². The van der Waals surface area contributed by atoms with Crippen molar-refractivity contribution >= 4 is 24.1 Å². The molecule has 0 radical (unpaired) electrons. The Bertz CT molecular complexity index is 980. The van der Waals surface area contributed by atoms with Gasteiger partial charge in [-0.25, -0.2) is 4.79 Å². The summed E-state index contributed by atoms with van der Waals surface area (Å²) in [4.78, 5) is 49.9. The van der Waals surface area contributed by atoms with Gasteiger partial charge in [0.15, 0.2) is 11.5 Å². The van der Waals surface area contributed by atoms with E-state index in [2.05, 4.69) is 5.32 Å². The van der Waals surface area contributed by atoms with Gasteiger partial charge in [0.25, 0.3) is 0 Å². The summed E-state index contributed by atoms with van der Waals surface area (Å²) in [6.45, 7) is 13.6. The fraction of sp³-hybridized carbons (Fsp3) is 0.677. The van der Waals surface area contributed by atoms with Gasteiger partial charge in [-0.1, -0.05) is 66.9 Å². The molecule has 0 saturated carbocycles. The summed E-state index contributed by atoms with van der Waals surface area (Å²) in [6.07, 6.45) is 2.68. The Labute approximate surface area is 244 Å². The molecule has 0 bridgehead atoms. The zero-order valence-electron chi connectivity index (χ0n) is 25.9. The molecule has 0 aliphatic rings. The van der Waals surface area contributed by atoms with Gasteiger partial charge >= 0.3 is 24.1 Å². The number of esters is 3. The van der Waals surface area contributed by atoms with Crippen molar-refractivity contribution in [1.82, 2.24) is 5.32 Å². The molecule has 10 heteroatoms. The molecule has 1 N–H and O–H groups in total. The van der Waals surface area contributed by atoms with Crippen LogP contribution in [0.2, 0.25) is 0 Å². The highest BCUT2D eigenvalue weighted by atomic mass is 16.7. The average molecular weight is 580 g/mol. The quantitative estimate of drug-likeness (QED) is 0.173. The van der Waals surface area contributed by atoms with Gasteiger partial charge in [0, 0.05) is 6.54 Å². The Kier molecular flexibility index (Phi) is 16.7. The van der Waals surface area contributed by atoms with Crippen molar-refractivity contribution in [3.63, 3.8) is 0 Å². The molecule has 0 spiro atoms. The molecule has 0 heterocycles. The van der Waals surface area contributed by atoms with Crippen molar-refractivity contribution < 1.29 is 42.9 Å². The molecule has 232 valence electrons. The molecule has 0 aliphatic carbocycles. The predicted molar refractivity (Wildman–Crippen MR) is 155 cm³/mol. The average Bonchev–Trinajstić information content (AvgIpc) is 2.94. The van der Waals surface area contributed by atoms with Crippen LogP contribution in [0.25, 0.3) is 0 Å². The molecule has 0 amide bonds. The van der Waals surface area contributed by atoms with Crippen LogP contribution in [0.4, 0.5) is 4.79 Å². The maximum absolute atomic E-state index is 12.7. The molecule has 4 unspecified atom stereocenters. The van der Waals surface area contributed by atoms with Gasteiger partial charge in [0.2, 0.25) is 0 Å². The number of hydrogen-bond acceptors (Lipinski definition) is 10. The highest BCUT2D eigenvalue weighted by Crippen LogP contribution is 2.31. The molecule has 0 saturated heterocycles. The first-order valence-electron chi connectivity index (χ1n) is 14.7. The minimum absolute atomic E-state index is 0.108. The first-order chi connectivity index (χ1) is 19.4. The van der Waals surface area contributed by atoms with Crippen LogP contribution >= 0.6 is 0 Å².